The number of Topliss-reactive ketones (excluding diaryl/α,β-unsaturated/α-hetero) is 1. The maximum atomic E-state index is 13.3. The molecule has 3 amide bonds. The van der Waals surface area contributed by atoms with E-state index in [0.29, 0.717) is 48.3 Å². The van der Waals surface area contributed by atoms with Crippen LogP contribution in [-0.2, 0) is 93.6 Å². The smallest absolute Gasteiger partial charge is 0.491 e. The van der Waals surface area contributed by atoms with Gasteiger partial charge in [0, 0.05) is 95.8 Å². The number of rotatable bonds is 41. The van der Waals surface area contributed by atoms with Crippen molar-refractivity contribution >= 4 is 96.9 Å². The number of carbonyl (C=O) groups excluding carboxylic acids is 6. The molecule has 109 heavy (non-hydrogen) atoms. The molecule has 1 aliphatic carbocycles. The summed E-state index contributed by atoms with van der Waals surface area (Å²) in [6.07, 6.45) is -2.49. The molecule has 5 aromatic rings. The summed E-state index contributed by atoms with van der Waals surface area (Å²) in [6, 6.07) is 18.9. The number of phosphoric ester groups is 2. The number of nitrogens with zero attached hydrogens (tertiary/aromatic N) is 8. The van der Waals surface area contributed by atoms with Gasteiger partial charge in [-0.1, -0.05) is 40.3 Å². The number of nitrogen functional groups attached to an aromatic ring is 2. The molecule has 2 aliphatic heterocycles. The van der Waals surface area contributed by atoms with Gasteiger partial charge in [0.2, 0.25) is 11.9 Å². The number of azide groups is 2. The van der Waals surface area contributed by atoms with Gasteiger partial charge in [0.15, 0.2) is 22.4 Å². The van der Waals surface area contributed by atoms with Crippen molar-refractivity contribution in [2.75, 3.05) is 112 Å². The first kappa shape index (κ1) is 86.1. The van der Waals surface area contributed by atoms with Gasteiger partial charge in [-0.3, -0.25) is 47.1 Å². The second kappa shape index (κ2) is 40.9. The average Bonchev–Trinajstić information content (AvgIpc) is 1.35. The number of nitrogens with two attached hydrogens (primary N) is 2. The van der Waals surface area contributed by atoms with E-state index < -0.39 is 106 Å². The lowest BCUT2D eigenvalue weighted by atomic mass is 9.91. The van der Waals surface area contributed by atoms with Gasteiger partial charge in [0.25, 0.3) is 27.5 Å². The number of fused-ring (bicyclic) bond motifs is 3. The van der Waals surface area contributed by atoms with Crippen LogP contribution in [-0.4, -0.2) is 185 Å². The van der Waals surface area contributed by atoms with E-state index in [1.807, 2.05) is 0 Å². The Hall–Kier alpha value is -10.1. The van der Waals surface area contributed by atoms with Crippen molar-refractivity contribution in [1.82, 2.24) is 30.5 Å². The first-order valence-electron chi connectivity index (χ1n) is 32.0. The summed E-state index contributed by atoms with van der Waals surface area (Å²) in [7, 11) is -19.3. The van der Waals surface area contributed by atoms with Crippen molar-refractivity contribution in [1.29, 1.82) is 5.41 Å². The Bertz CT molecular complexity index is 5020. The normalized spacial score (nSPS) is 15.9. The molecule has 1 saturated heterocycles. The van der Waals surface area contributed by atoms with Crippen LogP contribution in [0.25, 0.3) is 65.3 Å². The van der Waals surface area contributed by atoms with Crippen molar-refractivity contribution < 1.29 is 125 Å². The molecule has 0 spiro atoms. The molecule has 7 unspecified atom stereocenters. The molecule has 1 fully saturated rings. The Kier molecular flexibility index (Phi) is 32.3. The van der Waals surface area contributed by atoms with Gasteiger partial charge < -0.3 is 84.8 Å². The number of hydrogen-bond donors (Lipinski definition) is 10. The third-order valence-corrected chi connectivity index (χ3v) is 20.8. The number of benzene rings is 4. The van der Waals surface area contributed by atoms with Crippen LogP contribution in [0.5, 0.6) is 5.75 Å². The van der Waals surface area contributed by atoms with Crippen LogP contribution in [0.15, 0.2) is 103 Å². The van der Waals surface area contributed by atoms with Crippen molar-refractivity contribution in [3.05, 3.63) is 138 Å². The second-order valence-electron chi connectivity index (χ2n) is 22.5. The van der Waals surface area contributed by atoms with Crippen LogP contribution in [0.3, 0.4) is 0 Å². The fourth-order valence-electron chi connectivity index (χ4n) is 10.3. The largest absolute Gasteiger partial charge is 0.492 e. The van der Waals surface area contributed by atoms with Crippen molar-refractivity contribution in [2.24, 2.45) is 10.2 Å². The van der Waals surface area contributed by atoms with Crippen molar-refractivity contribution in [3.8, 4) is 40.0 Å². The summed E-state index contributed by atoms with van der Waals surface area (Å²) in [5, 5.41) is 23.7. The highest BCUT2D eigenvalue weighted by Gasteiger charge is 2.46. The highest BCUT2D eigenvalue weighted by molar-refractivity contribution is 7.86. The lowest BCUT2D eigenvalue weighted by Crippen LogP contribution is -2.29. The van der Waals surface area contributed by atoms with Gasteiger partial charge in [0.1, 0.15) is 49.6 Å². The number of hydrogen-bond acceptors (Lipinski definition) is 31. The first-order chi connectivity index (χ1) is 52.0. The number of aromatic nitrogens is 3. The number of phosphoric acid groups is 3. The zero-order valence-corrected chi connectivity index (χ0v) is 61.4. The van der Waals surface area contributed by atoms with E-state index in [9.17, 15) is 60.4 Å². The summed E-state index contributed by atoms with van der Waals surface area (Å²) in [6.45, 7) is -0.0592. The average molecular weight is 1600 g/mol. The molecular formula is C62H72N15O28P3S. The molecule has 0 bridgehead atoms. The number of ether oxygens (including phenoxy) is 7. The molecule has 3 aromatic carbocycles. The topological polar surface area (TPSA) is 633 Å². The highest BCUT2D eigenvalue weighted by atomic mass is 32.2. The molecule has 2 aromatic heterocycles. The van der Waals surface area contributed by atoms with E-state index in [1.165, 1.54) is 22.9 Å². The summed E-state index contributed by atoms with van der Waals surface area (Å²) in [4.78, 5) is 112. The zero-order chi connectivity index (χ0) is 79.5. The van der Waals surface area contributed by atoms with Gasteiger partial charge >= 0.3 is 29.6 Å². The quantitative estimate of drug-likeness (QED) is 0.00256. The van der Waals surface area contributed by atoms with E-state index in [1.54, 1.807) is 67.6 Å². The maximum absolute atomic E-state index is 13.3. The number of anilines is 2. The van der Waals surface area contributed by atoms with Crippen LogP contribution in [0, 0.1) is 24.2 Å². The van der Waals surface area contributed by atoms with Crippen LogP contribution < -0.4 is 43.1 Å². The van der Waals surface area contributed by atoms with Gasteiger partial charge in [-0.15, -0.1) is 0 Å². The standard InChI is InChI=1S/C61H72N15O26P3S.CO2/c1-36-45(62)16-14-43-52(44-15-17-46(63)56(106(87,88)89)55(44)100-54(36)43)37-8-4-9-38(28-37)58(79)69-21-23-93-25-24-92-22-18-41(77)12-7-20-68-59(80)39-10-5-13-42(29-39)96-34-50(73-75-66)95-27-26-94-33-49(78)67-19-6-11-40-31-76(57-53(40)60(81)72-61(64)71-57)51-30-47(97-35-70-74-65)48(99-51)32-98-104(84,85)102-105(86,91-3)101-103(82,83)90-2;2-1-3/h4-5,8-10,13-17,28-29,31,47-48,50-51,62H,7,12,18-27,30,32-35,63H2,1-3H3,(H,67,78)(H,68,80)(H,69,79)(H,82,83)(H,84,85)(H,87,88,89)(H3,64,71,72,81);. The molecule has 8 rings (SSSR count). The lowest BCUT2D eigenvalue weighted by molar-refractivity contribution is -0.191. The fourth-order valence-corrected chi connectivity index (χ4v) is 14.8. The Morgan fingerprint density at radius 2 is 1.58 bits per heavy atom. The van der Waals surface area contributed by atoms with E-state index in [-0.39, 0.29) is 159 Å². The molecule has 584 valence electrons. The number of carbonyl (C=O) groups is 4. The minimum atomic E-state index is -5.46. The fraction of sp³-hybridized carbons (Fsp3) is 0.387. The highest BCUT2D eigenvalue weighted by Crippen LogP contribution is 2.70. The van der Waals surface area contributed by atoms with Gasteiger partial charge in [-0.2, -0.15) is 31.6 Å². The summed E-state index contributed by atoms with van der Waals surface area (Å²) in [5.41, 5.74) is 31.2. The Morgan fingerprint density at radius 1 is 0.881 bits per heavy atom. The molecule has 12 N–H and O–H groups in total. The molecule has 3 aliphatic rings. The van der Waals surface area contributed by atoms with E-state index >= 15 is 0 Å². The minimum absolute atomic E-state index is 0.0450. The number of aromatic amines is 1. The third-order valence-electron chi connectivity index (χ3n) is 15.2. The van der Waals surface area contributed by atoms with Gasteiger partial charge in [0.05, 0.1) is 80.9 Å². The predicted molar refractivity (Wildman–Crippen MR) is 376 cm³/mol. The molecule has 47 heteroatoms. The van der Waals surface area contributed by atoms with Gasteiger partial charge in [-0.05, 0) is 84.6 Å². The predicted octanol–water partition coefficient (Wildman–Crippen LogP) is 5.60. The number of amides is 3. The van der Waals surface area contributed by atoms with E-state index in [4.69, 9.17) is 79.6 Å². The first-order valence-corrected chi connectivity index (χ1v) is 37.9. The van der Waals surface area contributed by atoms with E-state index in [0.717, 1.165) is 0 Å². The molecule has 43 nitrogen and oxygen atoms in total. The van der Waals surface area contributed by atoms with Crippen LogP contribution in [0.2, 0.25) is 0 Å². The number of nitrogens with one attached hydrogen (secondary N) is 5. The monoisotopic (exact) mass is 1600 g/mol. The Labute approximate surface area is 617 Å². The van der Waals surface area contributed by atoms with Crippen LogP contribution >= 0.6 is 23.5 Å². The van der Waals surface area contributed by atoms with Crippen molar-refractivity contribution in [3.63, 3.8) is 0 Å². The number of ketones is 1. The van der Waals surface area contributed by atoms with Gasteiger partial charge in [-0.25, -0.2) is 13.7 Å². The lowest BCUT2D eigenvalue weighted by Gasteiger charge is -2.22. The Morgan fingerprint density at radius 3 is 2.28 bits per heavy atom. The van der Waals surface area contributed by atoms with E-state index in [2.05, 4.69) is 75.5 Å². The summed E-state index contributed by atoms with van der Waals surface area (Å²) < 4.78 is 142. The minimum Gasteiger partial charge on any atom is -0.491 e. The second-order valence-corrected chi connectivity index (χ2v) is 28.9. The van der Waals surface area contributed by atoms with Crippen molar-refractivity contribution in [2.45, 2.75) is 62.2 Å². The molecule has 0 radical (unpaired) electrons. The molecular weight excluding hydrogens is 1530 g/mol. The molecule has 7 atom stereocenters. The Balaban J connectivity index is 0.00000542. The molecule has 0 saturated carbocycles. The SMILES string of the molecule is COP(=O)(O)OP(=O)(OC)OP(=O)(O)OCC1OC(n2cc(C#CCNC(=O)COCCOC(COc3cccc(C(=O)NCCCC(=O)CCOCCOCCNC(=O)c4cccc(-c5c6ccc(=N)c(C)c-6oc6c(S(=O)(=O)O)c(N)ccc56)c4)c3)N=[N+]=[N-])c3c(=O)[nH]c(N)nc32)CC1OCN=[N+]=[N-].O=C=O. The zero-order valence-electron chi connectivity index (χ0n) is 57.9. The van der Waals surface area contributed by atoms with Crippen LogP contribution in [0.4, 0.5) is 11.6 Å². The van der Waals surface area contributed by atoms with Crippen LogP contribution in [0.1, 0.15) is 63.8 Å². The maximum Gasteiger partial charge on any atom is 0.492 e. The summed E-state index contributed by atoms with van der Waals surface area (Å²) >= 11 is 0. The third kappa shape index (κ3) is 25.2. The molecule has 4 heterocycles. The summed E-state index contributed by atoms with van der Waals surface area (Å²) in [5.74, 6) is 4.09. The number of H-pyrrole nitrogens is 1.